The number of halogens is 1. The fourth-order valence-corrected chi connectivity index (χ4v) is 1.83. The zero-order valence-corrected chi connectivity index (χ0v) is 7.65. The van der Waals surface area contributed by atoms with Crippen LogP contribution in [0, 0.1) is 6.92 Å². The molecule has 0 amide bonds. The van der Waals surface area contributed by atoms with E-state index in [4.69, 9.17) is 10.7 Å². The van der Waals surface area contributed by atoms with E-state index in [1.165, 1.54) is 6.33 Å². The molecule has 4 nitrogen and oxygen atoms in total. The van der Waals surface area contributed by atoms with Gasteiger partial charge in [-0.15, -0.1) is 0 Å². The van der Waals surface area contributed by atoms with Crippen LogP contribution >= 0.6 is 10.7 Å². The molecule has 1 aromatic rings. The number of imidazole rings is 1. The summed E-state index contributed by atoms with van der Waals surface area (Å²) in [6.45, 7) is 1.64. The SMILES string of the molecule is Cc1c(S(=O)(=O)Cl)ncn1C. The largest absolute Gasteiger partial charge is 0.337 e. The van der Waals surface area contributed by atoms with Gasteiger partial charge in [-0.3, -0.25) is 0 Å². The molecule has 1 aromatic heterocycles. The second-order valence-corrected chi connectivity index (χ2v) is 4.67. The first-order valence-corrected chi connectivity index (χ1v) is 5.16. The minimum absolute atomic E-state index is 0.0679. The van der Waals surface area contributed by atoms with Crippen LogP contribution < -0.4 is 0 Å². The number of rotatable bonds is 1. The Morgan fingerprint density at radius 1 is 1.64 bits per heavy atom. The highest BCUT2D eigenvalue weighted by Crippen LogP contribution is 2.15. The summed E-state index contributed by atoms with van der Waals surface area (Å²) in [4.78, 5) is 3.63. The molecule has 0 fully saturated rings. The normalized spacial score (nSPS) is 11.9. The highest BCUT2D eigenvalue weighted by Gasteiger charge is 2.16. The van der Waals surface area contributed by atoms with Crippen LogP contribution in [0.2, 0.25) is 0 Å². The summed E-state index contributed by atoms with van der Waals surface area (Å²) in [6.07, 6.45) is 1.41. The molecule has 62 valence electrons. The number of nitrogens with zero attached hydrogens (tertiary/aromatic N) is 2. The second kappa shape index (κ2) is 2.49. The van der Waals surface area contributed by atoms with Crippen LogP contribution in [0.15, 0.2) is 11.4 Å². The van der Waals surface area contributed by atoms with Crippen LogP contribution in [0.25, 0.3) is 0 Å². The topological polar surface area (TPSA) is 52.0 Å². The maximum absolute atomic E-state index is 10.8. The Bertz CT molecular complexity index is 368. The number of hydrogen-bond acceptors (Lipinski definition) is 3. The lowest BCUT2D eigenvalue weighted by molar-refractivity contribution is 0.605. The quantitative estimate of drug-likeness (QED) is 0.617. The minimum atomic E-state index is -3.67. The van der Waals surface area contributed by atoms with E-state index >= 15 is 0 Å². The number of aryl methyl sites for hydroxylation is 1. The zero-order valence-electron chi connectivity index (χ0n) is 6.07. The van der Waals surface area contributed by atoms with Gasteiger partial charge in [0.15, 0.2) is 5.03 Å². The van der Waals surface area contributed by atoms with Gasteiger partial charge in [0.25, 0.3) is 9.05 Å². The molecular weight excluding hydrogens is 188 g/mol. The number of hydrogen-bond donors (Lipinski definition) is 0. The van der Waals surface area contributed by atoms with Gasteiger partial charge in [-0.1, -0.05) is 0 Å². The van der Waals surface area contributed by atoms with E-state index in [0.29, 0.717) is 5.69 Å². The molecule has 0 saturated heterocycles. The van der Waals surface area contributed by atoms with Gasteiger partial charge in [0.2, 0.25) is 0 Å². The Balaban J connectivity index is 3.38. The summed E-state index contributed by atoms with van der Waals surface area (Å²) in [6, 6.07) is 0. The van der Waals surface area contributed by atoms with Crippen LogP contribution in [0.1, 0.15) is 5.69 Å². The third kappa shape index (κ3) is 1.54. The molecule has 11 heavy (non-hydrogen) atoms. The molecule has 0 unspecified atom stereocenters. The van der Waals surface area contributed by atoms with Gasteiger partial charge in [-0.05, 0) is 6.92 Å². The molecule has 0 spiro atoms. The van der Waals surface area contributed by atoms with Gasteiger partial charge in [0.1, 0.15) is 0 Å². The molecule has 0 atom stereocenters. The third-order valence-corrected chi connectivity index (χ3v) is 2.72. The highest BCUT2D eigenvalue weighted by molar-refractivity contribution is 8.13. The Hall–Kier alpha value is -0.550. The van der Waals surface area contributed by atoms with Crippen LogP contribution in [0.5, 0.6) is 0 Å². The van der Waals surface area contributed by atoms with Crippen molar-refractivity contribution in [3.63, 3.8) is 0 Å². The Kier molecular flexibility index (Phi) is 1.94. The molecule has 0 aliphatic rings. The van der Waals surface area contributed by atoms with Gasteiger partial charge in [0, 0.05) is 17.7 Å². The summed E-state index contributed by atoms with van der Waals surface area (Å²) in [7, 11) is 3.10. The lowest BCUT2D eigenvalue weighted by Crippen LogP contribution is -1.95. The van der Waals surface area contributed by atoms with Crippen LogP contribution in [0.4, 0.5) is 0 Å². The van der Waals surface area contributed by atoms with Crippen molar-refractivity contribution in [3.8, 4) is 0 Å². The van der Waals surface area contributed by atoms with Crippen LogP contribution in [-0.2, 0) is 16.1 Å². The first-order chi connectivity index (χ1) is 4.93. The zero-order chi connectivity index (χ0) is 8.65. The standard InChI is InChI=1S/C5H7ClN2O2S/c1-4-5(11(6,9)10)7-3-8(4)2/h3H,1-2H3. The van der Waals surface area contributed by atoms with Crippen molar-refractivity contribution in [3.05, 3.63) is 12.0 Å². The molecule has 0 radical (unpaired) electrons. The van der Waals surface area contributed by atoms with E-state index < -0.39 is 9.05 Å². The van der Waals surface area contributed by atoms with Crippen molar-refractivity contribution >= 4 is 19.7 Å². The fraction of sp³-hybridized carbons (Fsp3) is 0.400. The highest BCUT2D eigenvalue weighted by atomic mass is 35.7. The van der Waals surface area contributed by atoms with Gasteiger partial charge in [0.05, 0.1) is 12.0 Å². The Morgan fingerprint density at radius 2 is 2.18 bits per heavy atom. The summed E-state index contributed by atoms with van der Waals surface area (Å²) in [5.74, 6) is 0. The molecule has 0 aliphatic heterocycles. The van der Waals surface area contributed by atoms with Crippen molar-refractivity contribution in [2.24, 2.45) is 7.05 Å². The van der Waals surface area contributed by atoms with Crippen molar-refractivity contribution < 1.29 is 8.42 Å². The molecule has 1 heterocycles. The summed E-state index contributed by atoms with van der Waals surface area (Å²) in [5.41, 5.74) is 0.542. The molecule has 1 rings (SSSR count). The molecule has 0 saturated carbocycles. The maximum Gasteiger partial charge on any atom is 0.280 e. The van der Waals surface area contributed by atoms with Crippen LogP contribution in [0.3, 0.4) is 0 Å². The molecule has 0 N–H and O–H groups in total. The predicted octanol–water partition coefficient (Wildman–Crippen LogP) is 0.656. The predicted molar refractivity (Wildman–Crippen MR) is 41.0 cm³/mol. The minimum Gasteiger partial charge on any atom is -0.337 e. The first-order valence-electron chi connectivity index (χ1n) is 2.85. The fourth-order valence-electron chi connectivity index (χ4n) is 0.709. The molecule has 0 bridgehead atoms. The summed E-state index contributed by atoms with van der Waals surface area (Å²) >= 11 is 0. The molecule has 6 heteroatoms. The lowest BCUT2D eigenvalue weighted by atomic mass is 10.5. The van der Waals surface area contributed by atoms with Gasteiger partial charge < -0.3 is 4.57 Å². The van der Waals surface area contributed by atoms with E-state index in [0.717, 1.165) is 0 Å². The third-order valence-electron chi connectivity index (χ3n) is 1.42. The van der Waals surface area contributed by atoms with Crippen molar-refractivity contribution in [1.82, 2.24) is 9.55 Å². The van der Waals surface area contributed by atoms with E-state index in [2.05, 4.69) is 4.98 Å². The second-order valence-electron chi connectivity index (χ2n) is 2.18. The maximum atomic E-state index is 10.8. The van der Waals surface area contributed by atoms with Crippen molar-refractivity contribution in [2.75, 3.05) is 0 Å². The number of aromatic nitrogens is 2. The van der Waals surface area contributed by atoms with Gasteiger partial charge in [-0.2, -0.15) is 0 Å². The monoisotopic (exact) mass is 194 g/mol. The van der Waals surface area contributed by atoms with Gasteiger partial charge in [-0.25, -0.2) is 13.4 Å². The molecule has 0 aromatic carbocycles. The Morgan fingerprint density at radius 3 is 2.36 bits per heavy atom. The average Bonchev–Trinajstić information content (AvgIpc) is 2.11. The average molecular weight is 195 g/mol. The van der Waals surface area contributed by atoms with E-state index in [1.54, 1.807) is 18.5 Å². The smallest absolute Gasteiger partial charge is 0.280 e. The molecule has 0 aliphatic carbocycles. The van der Waals surface area contributed by atoms with Gasteiger partial charge >= 0.3 is 0 Å². The van der Waals surface area contributed by atoms with E-state index in [-0.39, 0.29) is 5.03 Å². The summed E-state index contributed by atoms with van der Waals surface area (Å²) in [5, 5.41) is -0.0679. The molecular formula is C5H7ClN2O2S. The Labute approximate surface area is 69.2 Å². The van der Waals surface area contributed by atoms with Crippen LogP contribution in [-0.4, -0.2) is 18.0 Å². The first kappa shape index (κ1) is 8.55. The lowest BCUT2D eigenvalue weighted by Gasteiger charge is -1.93. The van der Waals surface area contributed by atoms with E-state index in [9.17, 15) is 8.42 Å². The van der Waals surface area contributed by atoms with Crippen molar-refractivity contribution in [2.45, 2.75) is 11.9 Å². The summed E-state index contributed by atoms with van der Waals surface area (Å²) < 4.78 is 23.1. The van der Waals surface area contributed by atoms with Crippen molar-refractivity contribution in [1.29, 1.82) is 0 Å². The van der Waals surface area contributed by atoms with E-state index in [1.807, 2.05) is 0 Å².